The number of rotatable bonds is 16. The number of aliphatic hydroxyl groups is 1. The average Bonchev–Trinajstić information content (AvgIpc) is 2.86. The molecule has 218 valence electrons. The van der Waals surface area contributed by atoms with E-state index in [0.717, 1.165) is 35.7 Å². The van der Waals surface area contributed by atoms with Gasteiger partial charge in [-0.2, -0.15) is 0 Å². The van der Waals surface area contributed by atoms with E-state index in [1.165, 1.54) is 4.90 Å². The summed E-state index contributed by atoms with van der Waals surface area (Å²) < 4.78 is 53.4. The van der Waals surface area contributed by atoms with Crippen molar-refractivity contribution in [3.05, 3.63) is 70.8 Å². The second-order valence-electron chi connectivity index (χ2n) is 10.2. The minimum absolute atomic E-state index is 0.0284. The van der Waals surface area contributed by atoms with E-state index in [4.69, 9.17) is 11.5 Å². The molecule has 0 aliphatic heterocycles. The molecular formula is C29H43F2N3O4S. The topological polar surface area (TPSA) is 127 Å². The van der Waals surface area contributed by atoms with Crippen LogP contribution in [0.25, 0.3) is 0 Å². The highest BCUT2D eigenvalue weighted by atomic mass is 32.2. The monoisotopic (exact) mass is 567 g/mol. The zero-order valence-corrected chi connectivity index (χ0v) is 24.0. The fourth-order valence-corrected chi connectivity index (χ4v) is 6.84. The van der Waals surface area contributed by atoms with Crippen LogP contribution in [-0.2, 0) is 34.0 Å². The van der Waals surface area contributed by atoms with E-state index in [-0.39, 0.29) is 25.1 Å². The Hall–Kier alpha value is -2.40. The summed E-state index contributed by atoms with van der Waals surface area (Å²) in [6.07, 6.45) is 1.90. The normalized spacial score (nSPS) is 14.3. The van der Waals surface area contributed by atoms with Gasteiger partial charge in [-0.25, -0.2) is 17.2 Å². The molecule has 0 bridgehead atoms. The number of carbonyl (C=O) groups excluding carboxylic acids is 1. The Labute approximate surface area is 231 Å². The van der Waals surface area contributed by atoms with E-state index in [0.29, 0.717) is 25.7 Å². The smallest absolute Gasteiger partial charge is 0.240 e. The summed E-state index contributed by atoms with van der Waals surface area (Å²) in [7, 11) is -3.63. The van der Waals surface area contributed by atoms with Crippen LogP contribution in [0.3, 0.4) is 0 Å². The minimum Gasteiger partial charge on any atom is -0.390 e. The van der Waals surface area contributed by atoms with Crippen LogP contribution in [0.5, 0.6) is 0 Å². The van der Waals surface area contributed by atoms with Gasteiger partial charge in [0.15, 0.2) is 9.84 Å². The Bertz CT molecular complexity index is 1150. The Kier molecular flexibility index (Phi) is 13.0. The molecule has 2 aromatic carbocycles. The molecule has 3 atom stereocenters. The number of aliphatic hydroxyl groups excluding tert-OH is 1. The van der Waals surface area contributed by atoms with Gasteiger partial charge in [-0.15, -0.1) is 0 Å². The fraction of sp³-hybridized carbons (Fsp3) is 0.552. The third kappa shape index (κ3) is 10.3. The van der Waals surface area contributed by atoms with Gasteiger partial charge in [-0.3, -0.25) is 4.79 Å². The summed E-state index contributed by atoms with van der Waals surface area (Å²) in [5.41, 5.74) is 14.5. The molecule has 7 nitrogen and oxygen atoms in total. The summed E-state index contributed by atoms with van der Waals surface area (Å²) in [4.78, 5) is 14.8. The molecule has 0 saturated carbocycles. The molecule has 1 amide bonds. The van der Waals surface area contributed by atoms with Gasteiger partial charge in [-0.1, -0.05) is 57.9 Å². The Morgan fingerprint density at radius 3 is 2.10 bits per heavy atom. The predicted octanol–water partition coefficient (Wildman–Crippen LogP) is 3.50. The lowest BCUT2D eigenvalue weighted by Crippen LogP contribution is -2.52. The van der Waals surface area contributed by atoms with Crippen molar-refractivity contribution in [2.75, 3.05) is 12.3 Å². The van der Waals surface area contributed by atoms with Crippen molar-refractivity contribution >= 4 is 15.7 Å². The van der Waals surface area contributed by atoms with Gasteiger partial charge in [0.1, 0.15) is 11.6 Å². The summed E-state index contributed by atoms with van der Waals surface area (Å²) in [5, 5.41) is 10.3. The van der Waals surface area contributed by atoms with E-state index in [2.05, 4.69) is 0 Å². The lowest BCUT2D eigenvalue weighted by Gasteiger charge is -2.30. The van der Waals surface area contributed by atoms with Crippen LogP contribution in [0, 0.1) is 11.6 Å². The molecule has 10 heteroatoms. The number of nitrogens with zero attached hydrogens (tertiary/aromatic N) is 1. The molecule has 0 spiro atoms. The first-order chi connectivity index (χ1) is 18.4. The maximum absolute atomic E-state index is 13.6. The van der Waals surface area contributed by atoms with Crippen LogP contribution >= 0.6 is 0 Å². The Morgan fingerprint density at radius 2 is 1.54 bits per heavy atom. The zero-order chi connectivity index (χ0) is 29.2. The first kappa shape index (κ1) is 32.8. The van der Waals surface area contributed by atoms with E-state index < -0.39 is 56.6 Å². The number of nitrogens with two attached hydrogens (primary N) is 2. The molecule has 2 aromatic rings. The lowest BCUT2D eigenvalue weighted by molar-refractivity contribution is -0.134. The molecule has 0 fully saturated rings. The Morgan fingerprint density at radius 1 is 0.949 bits per heavy atom. The maximum Gasteiger partial charge on any atom is 0.240 e. The van der Waals surface area contributed by atoms with Crippen LogP contribution in [-0.4, -0.2) is 60.1 Å². The molecule has 0 aliphatic rings. The Balaban J connectivity index is 2.25. The summed E-state index contributed by atoms with van der Waals surface area (Å²) in [6.45, 7) is 5.70. The summed E-state index contributed by atoms with van der Waals surface area (Å²) in [5.74, 6) is -2.62. The van der Waals surface area contributed by atoms with Gasteiger partial charge in [0.25, 0.3) is 0 Å². The van der Waals surface area contributed by atoms with Crippen LogP contribution in [0.2, 0.25) is 0 Å². The first-order valence-corrected chi connectivity index (χ1v) is 15.3. The van der Waals surface area contributed by atoms with Crippen molar-refractivity contribution in [1.82, 2.24) is 4.90 Å². The number of amides is 1. The number of hydrogen-bond donors (Lipinski definition) is 3. The van der Waals surface area contributed by atoms with Crippen molar-refractivity contribution < 1.29 is 27.1 Å². The molecule has 2 rings (SSSR count). The number of sulfone groups is 1. The molecule has 39 heavy (non-hydrogen) atoms. The molecule has 0 unspecified atom stereocenters. The highest BCUT2D eigenvalue weighted by molar-refractivity contribution is 7.92. The molecule has 0 aliphatic carbocycles. The first-order valence-electron chi connectivity index (χ1n) is 13.6. The van der Waals surface area contributed by atoms with Gasteiger partial charge in [0, 0.05) is 25.2 Å². The number of hydrogen-bond acceptors (Lipinski definition) is 6. The molecule has 0 radical (unpaired) electrons. The molecule has 0 heterocycles. The highest BCUT2D eigenvalue weighted by Gasteiger charge is 2.32. The van der Waals surface area contributed by atoms with E-state index in [1.807, 2.05) is 45.0 Å². The van der Waals surface area contributed by atoms with E-state index >= 15 is 0 Å². The van der Waals surface area contributed by atoms with Gasteiger partial charge in [0.2, 0.25) is 5.91 Å². The second kappa shape index (κ2) is 15.4. The average molecular weight is 568 g/mol. The van der Waals surface area contributed by atoms with Crippen LogP contribution in [0.1, 0.15) is 63.1 Å². The molecular weight excluding hydrogens is 524 g/mol. The van der Waals surface area contributed by atoms with E-state index in [9.17, 15) is 27.1 Å². The van der Waals surface area contributed by atoms with Gasteiger partial charge in [-0.05, 0) is 54.5 Å². The van der Waals surface area contributed by atoms with Gasteiger partial charge < -0.3 is 21.5 Å². The number of benzene rings is 2. The zero-order valence-electron chi connectivity index (χ0n) is 23.2. The summed E-state index contributed by atoms with van der Waals surface area (Å²) in [6, 6.07) is 8.35. The van der Waals surface area contributed by atoms with Crippen LogP contribution < -0.4 is 11.5 Å². The SMILES string of the molecule is CCCC(CCC)S(=O)(=O)C[C@@H](N)C(=O)N(Cc1cccc(CC)c1)C[C@@H](O)[C@@H](N)Cc1cc(F)cc(F)c1. The third-order valence-corrected chi connectivity index (χ3v) is 9.15. The fourth-order valence-electron chi connectivity index (χ4n) is 4.74. The van der Waals surface area contributed by atoms with Crippen molar-refractivity contribution in [2.45, 2.75) is 89.3 Å². The van der Waals surface area contributed by atoms with Crippen molar-refractivity contribution in [1.29, 1.82) is 0 Å². The van der Waals surface area contributed by atoms with Gasteiger partial charge >= 0.3 is 0 Å². The number of aryl methyl sites for hydroxylation is 1. The maximum atomic E-state index is 13.6. The summed E-state index contributed by atoms with van der Waals surface area (Å²) >= 11 is 0. The van der Waals surface area contributed by atoms with E-state index in [1.54, 1.807) is 0 Å². The largest absolute Gasteiger partial charge is 0.390 e. The van der Waals surface area contributed by atoms with Crippen molar-refractivity contribution in [3.63, 3.8) is 0 Å². The quantitative estimate of drug-likeness (QED) is 0.285. The molecule has 5 N–H and O–H groups in total. The molecule has 0 aromatic heterocycles. The van der Waals surface area contributed by atoms with Crippen molar-refractivity contribution in [3.8, 4) is 0 Å². The van der Waals surface area contributed by atoms with Crippen molar-refractivity contribution in [2.24, 2.45) is 11.5 Å². The van der Waals surface area contributed by atoms with Crippen LogP contribution in [0.4, 0.5) is 8.78 Å². The number of halogens is 2. The highest BCUT2D eigenvalue weighted by Crippen LogP contribution is 2.18. The van der Waals surface area contributed by atoms with Gasteiger partial charge in [0.05, 0.1) is 23.1 Å². The second-order valence-corrected chi connectivity index (χ2v) is 12.6. The van der Waals surface area contributed by atoms with Crippen LogP contribution in [0.15, 0.2) is 42.5 Å². The predicted molar refractivity (Wildman–Crippen MR) is 151 cm³/mol. The lowest BCUT2D eigenvalue weighted by atomic mass is 10.0. The number of carbonyl (C=O) groups is 1. The molecule has 0 saturated heterocycles. The minimum atomic E-state index is -3.63. The third-order valence-electron chi connectivity index (χ3n) is 6.84. The standard InChI is InChI=1S/C29H43F2N3O4S/c1-4-8-25(9-5-2)39(37,38)19-27(33)29(36)34(17-21-11-7-10-20(6-3)12-21)18-28(35)26(32)15-22-13-23(30)16-24(31)14-22/h7,10-14,16,25-28,35H,4-6,8-9,15,17-19,32-33H2,1-3H3/t26-,27+,28+/m0/s1.